The Bertz CT molecular complexity index is 563. The molecule has 0 aliphatic carbocycles. The molecule has 110 valence electrons. The third kappa shape index (κ3) is 3.23. The van der Waals surface area contributed by atoms with Gasteiger partial charge in [-0.3, -0.25) is 9.58 Å². The molecule has 3 N–H and O–H groups in total. The SMILES string of the molecule is CCCCCN(C)Cc1nc(NN)c2cnn(C)c2n1. The molecule has 0 fully saturated rings. The minimum absolute atomic E-state index is 0.625. The molecule has 2 aromatic rings. The van der Waals surface area contributed by atoms with Gasteiger partial charge in [0, 0.05) is 7.05 Å². The van der Waals surface area contributed by atoms with Crippen molar-refractivity contribution >= 4 is 16.9 Å². The fourth-order valence-corrected chi connectivity index (χ4v) is 2.20. The van der Waals surface area contributed by atoms with E-state index in [-0.39, 0.29) is 0 Å². The van der Waals surface area contributed by atoms with Crippen molar-refractivity contribution in [1.29, 1.82) is 0 Å². The van der Waals surface area contributed by atoms with E-state index in [1.807, 2.05) is 7.05 Å². The Morgan fingerprint density at radius 2 is 2.15 bits per heavy atom. The summed E-state index contributed by atoms with van der Waals surface area (Å²) in [7, 11) is 3.95. The maximum absolute atomic E-state index is 5.53. The predicted octanol–water partition coefficient (Wildman–Crippen LogP) is 1.27. The molecule has 0 bridgehead atoms. The molecule has 2 aromatic heterocycles. The highest BCUT2D eigenvalue weighted by molar-refractivity contribution is 5.86. The van der Waals surface area contributed by atoms with Gasteiger partial charge in [-0.05, 0) is 20.0 Å². The smallest absolute Gasteiger partial charge is 0.163 e. The Balaban J connectivity index is 2.15. The minimum Gasteiger partial charge on any atom is -0.308 e. The number of hydrogen-bond acceptors (Lipinski definition) is 6. The lowest BCUT2D eigenvalue weighted by Gasteiger charge is -2.15. The maximum Gasteiger partial charge on any atom is 0.163 e. The summed E-state index contributed by atoms with van der Waals surface area (Å²) in [6, 6.07) is 0. The molecule has 2 rings (SSSR count). The Hall–Kier alpha value is -1.73. The zero-order valence-electron chi connectivity index (χ0n) is 12.4. The monoisotopic (exact) mass is 277 g/mol. The topological polar surface area (TPSA) is 84.9 Å². The summed E-state index contributed by atoms with van der Waals surface area (Å²) in [6.07, 6.45) is 5.40. The highest BCUT2D eigenvalue weighted by atomic mass is 15.3. The number of unbranched alkanes of at least 4 members (excludes halogenated alkanes) is 2. The van der Waals surface area contributed by atoms with E-state index in [0.29, 0.717) is 12.4 Å². The molecule has 2 heterocycles. The Kier molecular flexibility index (Phi) is 4.86. The zero-order valence-corrected chi connectivity index (χ0v) is 12.4. The van der Waals surface area contributed by atoms with Crippen LogP contribution in [0.5, 0.6) is 0 Å². The second-order valence-corrected chi connectivity index (χ2v) is 5.08. The summed E-state index contributed by atoms with van der Waals surface area (Å²) in [4.78, 5) is 11.3. The van der Waals surface area contributed by atoms with Gasteiger partial charge in [0.1, 0.15) is 5.82 Å². The Labute approximate surface area is 119 Å². The number of hydrogen-bond donors (Lipinski definition) is 2. The van der Waals surface area contributed by atoms with Crippen molar-refractivity contribution in [2.24, 2.45) is 12.9 Å². The van der Waals surface area contributed by atoms with Gasteiger partial charge < -0.3 is 5.43 Å². The third-order valence-corrected chi connectivity index (χ3v) is 3.33. The molecule has 0 aliphatic rings. The molecule has 0 aromatic carbocycles. The Morgan fingerprint density at radius 3 is 2.85 bits per heavy atom. The summed E-state index contributed by atoms with van der Waals surface area (Å²) >= 11 is 0. The van der Waals surface area contributed by atoms with Crippen LogP contribution in [0.1, 0.15) is 32.0 Å². The molecule has 0 spiro atoms. The summed E-state index contributed by atoms with van der Waals surface area (Å²) in [5.74, 6) is 6.91. The quantitative estimate of drug-likeness (QED) is 0.450. The zero-order chi connectivity index (χ0) is 14.5. The van der Waals surface area contributed by atoms with Crippen LogP contribution in [-0.4, -0.2) is 38.2 Å². The van der Waals surface area contributed by atoms with Crippen LogP contribution >= 0.6 is 0 Å². The molecule has 0 unspecified atom stereocenters. The van der Waals surface area contributed by atoms with Crippen molar-refractivity contribution < 1.29 is 0 Å². The maximum atomic E-state index is 5.53. The van der Waals surface area contributed by atoms with Crippen LogP contribution in [0, 0.1) is 0 Å². The molecular weight excluding hydrogens is 254 g/mol. The molecule has 0 aliphatic heterocycles. The number of aromatic nitrogens is 4. The van der Waals surface area contributed by atoms with Gasteiger partial charge in [0.2, 0.25) is 0 Å². The summed E-state index contributed by atoms with van der Waals surface area (Å²) in [5.41, 5.74) is 3.42. The van der Waals surface area contributed by atoms with Crippen molar-refractivity contribution in [1.82, 2.24) is 24.6 Å². The van der Waals surface area contributed by atoms with E-state index in [1.54, 1.807) is 10.9 Å². The first-order chi connectivity index (χ1) is 9.65. The van der Waals surface area contributed by atoms with E-state index >= 15 is 0 Å². The van der Waals surface area contributed by atoms with Gasteiger partial charge in [0.15, 0.2) is 11.5 Å². The predicted molar refractivity (Wildman–Crippen MR) is 80.0 cm³/mol. The first kappa shape index (κ1) is 14.7. The first-order valence-corrected chi connectivity index (χ1v) is 6.99. The number of nitrogens with two attached hydrogens (primary N) is 1. The summed E-state index contributed by atoms with van der Waals surface area (Å²) in [6.45, 7) is 3.96. The van der Waals surface area contributed by atoms with E-state index in [9.17, 15) is 0 Å². The third-order valence-electron chi connectivity index (χ3n) is 3.33. The van der Waals surface area contributed by atoms with Crippen molar-refractivity contribution in [2.45, 2.75) is 32.7 Å². The van der Waals surface area contributed by atoms with E-state index < -0.39 is 0 Å². The van der Waals surface area contributed by atoms with Gasteiger partial charge in [-0.1, -0.05) is 19.8 Å². The number of nitrogen functional groups attached to an aromatic ring is 1. The lowest BCUT2D eigenvalue weighted by Crippen LogP contribution is -2.21. The fourth-order valence-electron chi connectivity index (χ4n) is 2.20. The van der Waals surface area contributed by atoms with Crippen molar-refractivity contribution in [2.75, 3.05) is 19.0 Å². The van der Waals surface area contributed by atoms with Crippen LogP contribution < -0.4 is 11.3 Å². The standard InChI is InChI=1S/C13H23N7/c1-4-5-6-7-19(2)9-11-16-12(18-14)10-8-15-20(3)13(10)17-11/h8H,4-7,9,14H2,1-3H3,(H,16,17,18). The number of hydrazine groups is 1. The molecule has 0 amide bonds. The highest BCUT2D eigenvalue weighted by Gasteiger charge is 2.11. The van der Waals surface area contributed by atoms with E-state index in [2.05, 4.69) is 39.4 Å². The van der Waals surface area contributed by atoms with Crippen LogP contribution in [0.15, 0.2) is 6.20 Å². The molecule has 7 heteroatoms. The van der Waals surface area contributed by atoms with Crippen molar-refractivity contribution in [3.63, 3.8) is 0 Å². The van der Waals surface area contributed by atoms with Gasteiger partial charge in [0.25, 0.3) is 0 Å². The summed E-state index contributed by atoms with van der Waals surface area (Å²) < 4.78 is 1.73. The van der Waals surface area contributed by atoms with Crippen LogP contribution in [-0.2, 0) is 13.6 Å². The Morgan fingerprint density at radius 1 is 1.35 bits per heavy atom. The summed E-state index contributed by atoms with van der Waals surface area (Å²) in [5, 5.41) is 5.03. The van der Waals surface area contributed by atoms with Gasteiger partial charge in [-0.15, -0.1) is 0 Å². The number of nitrogens with one attached hydrogen (secondary N) is 1. The van der Waals surface area contributed by atoms with Crippen molar-refractivity contribution in [3.05, 3.63) is 12.0 Å². The average Bonchev–Trinajstić information content (AvgIpc) is 2.80. The molecule has 7 nitrogen and oxygen atoms in total. The fraction of sp³-hybridized carbons (Fsp3) is 0.615. The van der Waals surface area contributed by atoms with Crippen LogP contribution in [0.2, 0.25) is 0 Å². The molecule has 0 atom stereocenters. The first-order valence-electron chi connectivity index (χ1n) is 6.99. The largest absolute Gasteiger partial charge is 0.308 e. The van der Waals surface area contributed by atoms with E-state index in [0.717, 1.165) is 23.4 Å². The van der Waals surface area contributed by atoms with Crippen LogP contribution in [0.25, 0.3) is 11.0 Å². The normalized spacial score (nSPS) is 11.4. The van der Waals surface area contributed by atoms with Gasteiger partial charge in [-0.25, -0.2) is 15.8 Å². The molecule has 0 saturated carbocycles. The number of nitrogens with zero attached hydrogens (tertiary/aromatic N) is 5. The van der Waals surface area contributed by atoms with Crippen LogP contribution in [0.3, 0.4) is 0 Å². The van der Waals surface area contributed by atoms with E-state index in [4.69, 9.17) is 5.84 Å². The molecule has 0 saturated heterocycles. The molecular formula is C13H23N7. The highest BCUT2D eigenvalue weighted by Crippen LogP contribution is 2.18. The molecule has 0 radical (unpaired) electrons. The number of aryl methyl sites for hydroxylation is 1. The van der Waals surface area contributed by atoms with Gasteiger partial charge >= 0.3 is 0 Å². The van der Waals surface area contributed by atoms with Crippen molar-refractivity contribution in [3.8, 4) is 0 Å². The number of anilines is 1. The number of fused-ring (bicyclic) bond motifs is 1. The second-order valence-electron chi connectivity index (χ2n) is 5.08. The molecule has 20 heavy (non-hydrogen) atoms. The van der Waals surface area contributed by atoms with Crippen LogP contribution in [0.4, 0.5) is 5.82 Å². The lowest BCUT2D eigenvalue weighted by atomic mass is 10.2. The van der Waals surface area contributed by atoms with Gasteiger partial charge in [-0.2, -0.15) is 5.10 Å². The number of rotatable bonds is 7. The van der Waals surface area contributed by atoms with E-state index in [1.165, 1.54) is 19.3 Å². The average molecular weight is 277 g/mol. The van der Waals surface area contributed by atoms with Gasteiger partial charge in [0.05, 0.1) is 18.1 Å². The lowest BCUT2D eigenvalue weighted by molar-refractivity contribution is 0.310. The second kappa shape index (κ2) is 6.62. The minimum atomic E-state index is 0.625.